The number of aliphatic hydroxyl groups excluding tert-OH is 1. The van der Waals surface area contributed by atoms with Gasteiger partial charge in [0.1, 0.15) is 17.7 Å². The van der Waals surface area contributed by atoms with Crippen molar-refractivity contribution in [2.24, 2.45) is 16.7 Å². The van der Waals surface area contributed by atoms with Crippen molar-refractivity contribution in [1.82, 2.24) is 9.97 Å². The van der Waals surface area contributed by atoms with Crippen LogP contribution in [-0.4, -0.2) is 20.9 Å². The Morgan fingerprint density at radius 2 is 1.62 bits per heavy atom. The van der Waals surface area contributed by atoms with Crippen LogP contribution in [-0.2, 0) is 36.7 Å². The van der Waals surface area contributed by atoms with Gasteiger partial charge in [-0.2, -0.15) is 11.3 Å². The van der Waals surface area contributed by atoms with Crippen molar-refractivity contribution in [3.05, 3.63) is 69.9 Å². The van der Waals surface area contributed by atoms with Gasteiger partial charge in [0.2, 0.25) is 5.71 Å². The second-order valence-corrected chi connectivity index (χ2v) is 18.1. The van der Waals surface area contributed by atoms with Gasteiger partial charge in [-0.1, -0.05) is 87.3 Å². The Kier molecular flexibility index (Phi) is 13.1. The number of carbonyl (C=O) groups is 1. The number of fused-ring (bicyclic) bond motifs is 5. The summed E-state index contributed by atoms with van der Waals surface area (Å²) in [4.78, 5) is 22.9. The molecule has 1 N–H and O–H groups in total. The van der Waals surface area contributed by atoms with E-state index in [0.717, 1.165) is 65.1 Å². The molecular formula is C44H55IrN2O3S2-. The molecule has 5 nitrogen and oxygen atoms in total. The average molecular weight is 916 g/mol. The third-order valence-electron chi connectivity index (χ3n) is 11.2. The summed E-state index contributed by atoms with van der Waals surface area (Å²) in [5, 5.41) is 16.7. The SMILES string of the molecule is CCC(C)(CC)C(=O)/C=C(\O)C(C)(CC)CC.Cc1c(CC(C)C)sc2cc3c(cc12)oc1ncnc(-c2[c-]c4ccsc4c(C(C)(C)C)c2)c13.[Ir]. The van der Waals surface area contributed by atoms with Gasteiger partial charge in [0.25, 0.3) is 0 Å². The number of aromatic nitrogens is 2. The molecule has 4 aromatic heterocycles. The fourth-order valence-electron chi connectivity index (χ4n) is 6.52. The smallest absolute Gasteiger partial charge is 0.223 e. The Morgan fingerprint density at radius 1 is 0.962 bits per heavy atom. The summed E-state index contributed by atoms with van der Waals surface area (Å²) in [7, 11) is 0. The molecule has 2 aromatic carbocycles. The number of furan rings is 1. The zero-order chi connectivity index (χ0) is 37.5. The third-order valence-corrected chi connectivity index (χ3v) is 13.4. The molecule has 6 rings (SSSR count). The van der Waals surface area contributed by atoms with Gasteiger partial charge in [0, 0.05) is 63.1 Å². The topological polar surface area (TPSA) is 76.2 Å². The monoisotopic (exact) mass is 916 g/mol. The maximum Gasteiger partial charge on any atom is 0.223 e. The summed E-state index contributed by atoms with van der Waals surface area (Å²) < 4.78 is 8.87. The number of hydrogen-bond donors (Lipinski definition) is 1. The van der Waals surface area contributed by atoms with Crippen LogP contribution in [0.3, 0.4) is 0 Å². The fraction of sp³-hybridized carbons (Fsp3) is 0.477. The number of carbonyl (C=O) groups excluding carboxylic acids is 1. The summed E-state index contributed by atoms with van der Waals surface area (Å²) in [6.07, 6.45) is 7.47. The molecule has 0 saturated heterocycles. The normalized spacial score (nSPS) is 12.9. The molecule has 0 amide bonds. The minimum atomic E-state index is -0.337. The Bertz CT molecular complexity index is 2220. The first kappa shape index (κ1) is 41.8. The molecule has 6 aromatic rings. The number of hydrogen-bond acceptors (Lipinski definition) is 7. The predicted octanol–water partition coefficient (Wildman–Crippen LogP) is 13.7. The summed E-state index contributed by atoms with van der Waals surface area (Å²) in [5.41, 5.74) is 5.49. The summed E-state index contributed by atoms with van der Waals surface area (Å²) in [5.74, 6) is 0.920. The average Bonchev–Trinajstić information content (AvgIpc) is 3.80. The summed E-state index contributed by atoms with van der Waals surface area (Å²) in [6.45, 7) is 25.7. The summed E-state index contributed by atoms with van der Waals surface area (Å²) in [6, 6.07) is 12.5. The van der Waals surface area contributed by atoms with Gasteiger partial charge in [0.15, 0.2) is 5.78 Å². The number of allylic oxidation sites excluding steroid dienone is 2. The van der Waals surface area contributed by atoms with Gasteiger partial charge in [-0.25, -0.2) is 4.98 Å². The van der Waals surface area contributed by atoms with Crippen molar-refractivity contribution in [2.75, 3.05) is 0 Å². The van der Waals surface area contributed by atoms with Gasteiger partial charge in [-0.15, -0.1) is 34.9 Å². The van der Waals surface area contributed by atoms with E-state index in [0.29, 0.717) is 11.6 Å². The van der Waals surface area contributed by atoms with E-state index in [4.69, 9.17) is 9.40 Å². The Balaban J connectivity index is 0.000000289. The quantitative estimate of drug-likeness (QED) is 0.0842. The second kappa shape index (κ2) is 16.2. The predicted molar refractivity (Wildman–Crippen MR) is 219 cm³/mol. The minimum absolute atomic E-state index is 0. The van der Waals surface area contributed by atoms with E-state index in [1.807, 2.05) is 52.9 Å². The number of rotatable bonds is 10. The molecule has 52 heavy (non-hydrogen) atoms. The van der Waals surface area contributed by atoms with E-state index in [1.54, 1.807) is 17.7 Å². The van der Waals surface area contributed by atoms with Crippen LogP contribution in [0.15, 0.2) is 52.2 Å². The first-order valence-corrected chi connectivity index (χ1v) is 20.2. The third kappa shape index (κ3) is 8.11. The van der Waals surface area contributed by atoms with Crippen LogP contribution in [0.2, 0.25) is 0 Å². The largest absolute Gasteiger partial charge is 0.512 e. The molecular weight excluding hydrogens is 861 g/mol. The molecule has 0 saturated carbocycles. The number of thiophene rings is 2. The van der Waals surface area contributed by atoms with Crippen LogP contribution >= 0.6 is 22.7 Å². The zero-order valence-electron chi connectivity index (χ0n) is 33.0. The first-order chi connectivity index (χ1) is 24.0. The molecule has 0 atom stereocenters. The maximum atomic E-state index is 12.2. The Morgan fingerprint density at radius 3 is 2.21 bits per heavy atom. The van der Waals surface area contributed by atoms with Crippen LogP contribution in [0.4, 0.5) is 0 Å². The molecule has 0 fully saturated rings. The molecule has 8 heteroatoms. The molecule has 0 aliphatic heterocycles. The molecule has 1 radical (unpaired) electrons. The Hall–Kier alpha value is -2.90. The summed E-state index contributed by atoms with van der Waals surface area (Å²) >= 11 is 3.68. The van der Waals surface area contributed by atoms with Crippen molar-refractivity contribution in [2.45, 2.75) is 121 Å². The van der Waals surface area contributed by atoms with Crippen LogP contribution in [0.1, 0.15) is 118 Å². The van der Waals surface area contributed by atoms with Crippen molar-refractivity contribution in [3.8, 4) is 11.3 Å². The van der Waals surface area contributed by atoms with Crippen LogP contribution < -0.4 is 0 Å². The van der Waals surface area contributed by atoms with Crippen molar-refractivity contribution >= 4 is 70.7 Å². The number of nitrogens with zero attached hydrogens (tertiary/aromatic N) is 2. The van der Waals surface area contributed by atoms with Crippen LogP contribution in [0.25, 0.3) is 53.5 Å². The zero-order valence-corrected chi connectivity index (χ0v) is 37.0. The van der Waals surface area contributed by atoms with Crippen LogP contribution in [0.5, 0.6) is 0 Å². The van der Waals surface area contributed by atoms with E-state index < -0.39 is 0 Å². The van der Waals surface area contributed by atoms with E-state index in [2.05, 4.69) is 82.2 Å². The number of aryl methyl sites for hydroxylation is 1. The molecule has 0 spiro atoms. The van der Waals surface area contributed by atoms with E-state index in [1.165, 1.54) is 36.9 Å². The second-order valence-electron chi connectivity index (χ2n) is 16.0. The molecule has 4 heterocycles. The van der Waals surface area contributed by atoms with Gasteiger partial charge in [-0.05, 0) is 83.5 Å². The molecule has 0 aliphatic carbocycles. The molecule has 0 bridgehead atoms. The van der Waals surface area contributed by atoms with Crippen molar-refractivity contribution < 1.29 is 34.4 Å². The van der Waals surface area contributed by atoms with Gasteiger partial charge in [-0.3, -0.25) is 9.78 Å². The van der Waals surface area contributed by atoms with E-state index >= 15 is 0 Å². The Labute approximate surface area is 331 Å². The van der Waals surface area contributed by atoms with Gasteiger partial charge < -0.3 is 9.52 Å². The minimum Gasteiger partial charge on any atom is -0.512 e. The molecule has 281 valence electrons. The van der Waals surface area contributed by atoms with Crippen LogP contribution in [0, 0.1) is 29.7 Å². The number of ketones is 1. The van der Waals surface area contributed by atoms with Gasteiger partial charge in [0.05, 0.1) is 0 Å². The first-order valence-electron chi connectivity index (χ1n) is 18.5. The van der Waals surface area contributed by atoms with Crippen molar-refractivity contribution in [3.63, 3.8) is 0 Å². The van der Waals surface area contributed by atoms with Crippen molar-refractivity contribution in [1.29, 1.82) is 0 Å². The number of aliphatic hydroxyl groups is 1. The molecule has 0 unspecified atom stereocenters. The maximum absolute atomic E-state index is 12.2. The standard InChI is InChI=1S/C29H27N2OS2.C15H28O2.Ir/c1-15(2)9-23-16(3)19-12-22-20(13-24(19)34-23)25-26(30-14-31-28(25)32-22)18-10-17-7-8-33-27(17)21(11-18)29(4,5)6;1-7-14(5,8-2)12(16)11-13(17)15(6,9-3)10-4;/h7-8,11-15H,9H2,1-6H3;11,16H,7-10H2,1-6H3;/q-1;;/b;12-11-;. The van der Waals surface area contributed by atoms with E-state index in [9.17, 15) is 9.90 Å². The van der Waals surface area contributed by atoms with E-state index in [-0.39, 0.29) is 47.9 Å². The van der Waals surface area contributed by atoms with Gasteiger partial charge >= 0.3 is 0 Å². The fourth-order valence-corrected chi connectivity index (χ4v) is 9.04. The molecule has 0 aliphatic rings. The number of benzene rings is 2.